The van der Waals surface area contributed by atoms with E-state index in [9.17, 15) is 9.59 Å². The molecule has 1 N–H and O–H groups in total. The highest BCUT2D eigenvalue weighted by molar-refractivity contribution is 5.98. The fourth-order valence-electron chi connectivity index (χ4n) is 3.81. The van der Waals surface area contributed by atoms with Gasteiger partial charge in [0.2, 0.25) is 5.91 Å². The maximum Gasteiger partial charge on any atom is 0.223 e. The molecule has 1 saturated carbocycles. The van der Waals surface area contributed by atoms with Gasteiger partial charge >= 0.3 is 0 Å². The molecule has 1 saturated heterocycles. The monoisotopic (exact) mass is 370 g/mol. The van der Waals surface area contributed by atoms with Crippen LogP contribution in [0.3, 0.4) is 0 Å². The Morgan fingerprint density at radius 2 is 1.70 bits per heavy atom. The topological polar surface area (TPSA) is 49.4 Å². The van der Waals surface area contributed by atoms with E-state index in [1.54, 1.807) is 0 Å². The Labute approximate surface area is 163 Å². The first-order chi connectivity index (χ1) is 13.0. The van der Waals surface area contributed by atoms with E-state index in [0.717, 1.165) is 50.4 Å². The van der Waals surface area contributed by atoms with Crippen molar-refractivity contribution in [3.8, 4) is 0 Å². The molecule has 1 aromatic rings. The van der Waals surface area contributed by atoms with Crippen molar-refractivity contribution in [2.24, 2.45) is 11.8 Å². The van der Waals surface area contributed by atoms with Crippen LogP contribution in [-0.2, 0) is 11.2 Å². The van der Waals surface area contributed by atoms with Gasteiger partial charge in [0, 0.05) is 37.5 Å². The minimum atomic E-state index is 0.0698. The average Bonchev–Trinajstić information content (AvgIpc) is 3.49. The maximum atomic E-state index is 12.4. The predicted molar refractivity (Wildman–Crippen MR) is 109 cm³/mol. The van der Waals surface area contributed by atoms with Crippen LogP contribution in [0.15, 0.2) is 24.3 Å². The van der Waals surface area contributed by atoms with E-state index in [0.29, 0.717) is 24.8 Å². The van der Waals surface area contributed by atoms with Crippen molar-refractivity contribution in [2.75, 3.05) is 19.6 Å². The minimum absolute atomic E-state index is 0.0698. The molecule has 0 radical (unpaired) electrons. The number of likely N-dealkylation sites (tertiary alicyclic amines) is 1. The summed E-state index contributed by atoms with van der Waals surface area (Å²) in [5, 5.41) is 3.64. The summed E-state index contributed by atoms with van der Waals surface area (Å²) in [4.78, 5) is 26.8. The molecular weight excluding hydrogens is 336 g/mol. The van der Waals surface area contributed by atoms with Crippen LogP contribution in [0.2, 0.25) is 0 Å². The van der Waals surface area contributed by atoms with Gasteiger partial charge in [0.15, 0.2) is 5.78 Å². The number of amides is 1. The normalized spacial score (nSPS) is 18.1. The number of Topliss-reactive ketones (excluding diaryl/α,β-unsaturated/α-hetero) is 1. The molecule has 1 heterocycles. The molecule has 1 amide bonds. The van der Waals surface area contributed by atoms with Crippen LogP contribution in [0.5, 0.6) is 0 Å². The fourth-order valence-corrected chi connectivity index (χ4v) is 3.81. The highest BCUT2D eigenvalue weighted by atomic mass is 16.2. The van der Waals surface area contributed by atoms with Gasteiger partial charge in [-0.3, -0.25) is 9.59 Å². The fraction of sp³-hybridized carbons (Fsp3) is 0.652. The molecule has 148 valence electrons. The van der Waals surface area contributed by atoms with Crippen LogP contribution in [0.1, 0.15) is 68.3 Å². The largest absolute Gasteiger partial charge is 0.343 e. The average molecular weight is 371 g/mol. The molecule has 4 heteroatoms. The molecule has 0 unspecified atom stereocenters. The van der Waals surface area contributed by atoms with Crippen LogP contribution in [0.25, 0.3) is 0 Å². The Morgan fingerprint density at radius 1 is 1.04 bits per heavy atom. The Bertz CT molecular complexity index is 626. The molecule has 2 fully saturated rings. The SMILES string of the molecule is CC(C)Cc1ccc(C(=O)CCC(=O)N2CCC(NCC3CC3)CC2)cc1. The number of nitrogens with one attached hydrogen (secondary N) is 1. The highest BCUT2D eigenvalue weighted by Crippen LogP contribution is 2.28. The molecule has 0 aromatic heterocycles. The third-order valence-electron chi connectivity index (χ3n) is 5.73. The summed E-state index contributed by atoms with van der Waals surface area (Å²) in [7, 11) is 0. The number of ketones is 1. The first-order valence-electron chi connectivity index (χ1n) is 10.6. The van der Waals surface area contributed by atoms with E-state index in [4.69, 9.17) is 0 Å². The second-order valence-corrected chi connectivity index (χ2v) is 8.72. The Morgan fingerprint density at radius 3 is 2.30 bits per heavy atom. The van der Waals surface area contributed by atoms with E-state index in [-0.39, 0.29) is 11.7 Å². The van der Waals surface area contributed by atoms with Gasteiger partial charge in [0.25, 0.3) is 0 Å². The number of benzene rings is 1. The van der Waals surface area contributed by atoms with Crippen molar-refractivity contribution in [3.05, 3.63) is 35.4 Å². The zero-order chi connectivity index (χ0) is 19.2. The molecule has 0 atom stereocenters. The number of piperidine rings is 1. The van der Waals surface area contributed by atoms with Gasteiger partial charge in [0.05, 0.1) is 0 Å². The van der Waals surface area contributed by atoms with E-state index in [2.05, 4.69) is 19.2 Å². The lowest BCUT2D eigenvalue weighted by Gasteiger charge is -2.32. The molecule has 0 spiro atoms. The van der Waals surface area contributed by atoms with Crippen molar-refractivity contribution in [3.63, 3.8) is 0 Å². The lowest BCUT2D eigenvalue weighted by molar-refractivity contribution is -0.132. The predicted octanol–water partition coefficient (Wildman–Crippen LogP) is 3.84. The number of carbonyl (C=O) groups is 2. The zero-order valence-corrected chi connectivity index (χ0v) is 16.9. The molecule has 2 aliphatic rings. The van der Waals surface area contributed by atoms with E-state index >= 15 is 0 Å². The number of rotatable bonds is 9. The van der Waals surface area contributed by atoms with Crippen LogP contribution < -0.4 is 5.32 Å². The third kappa shape index (κ3) is 6.46. The molecule has 1 aliphatic heterocycles. The van der Waals surface area contributed by atoms with E-state index in [1.807, 2.05) is 29.2 Å². The standard InChI is InChI=1S/C23H34N2O2/c1-17(2)15-18-5-7-20(8-6-18)22(26)9-10-23(27)25-13-11-21(12-14-25)24-16-19-3-4-19/h5-8,17,19,21,24H,3-4,9-16H2,1-2H3. The summed E-state index contributed by atoms with van der Waals surface area (Å²) >= 11 is 0. The first-order valence-corrected chi connectivity index (χ1v) is 10.6. The summed E-state index contributed by atoms with van der Waals surface area (Å²) in [6.07, 6.45) is 6.47. The summed E-state index contributed by atoms with van der Waals surface area (Å²) < 4.78 is 0. The molecule has 27 heavy (non-hydrogen) atoms. The Kier molecular flexibility index (Phi) is 7.06. The molecule has 3 rings (SSSR count). The van der Waals surface area contributed by atoms with Crippen molar-refractivity contribution in [2.45, 2.75) is 64.8 Å². The molecule has 4 nitrogen and oxygen atoms in total. The summed E-state index contributed by atoms with van der Waals surface area (Å²) in [5.74, 6) is 1.70. The van der Waals surface area contributed by atoms with Gasteiger partial charge in [-0.1, -0.05) is 38.1 Å². The lowest BCUT2D eigenvalue weighted by Crippen LogP contribution is -2.45. The number of hydrogen-bond acceptors (Lipinski definition) is 3. The van der Waals surface area contributed by atoms with Crippen molar-refractivity contribution >= 4 is 11.7 Å². The van der Waals surface area contributed by atoms with Crippen molar-refractivity contribution in [1.29, 1.82) is 0 Å². The van der Waals surface area contributed by atoms with Gasteiger partial charge in [0.1, 0.15) is 0 Å². The van der Waals surface area contributed by atoms with E-state index < -0.39 is 0 Å². The van der Waals surface area contributed by atoms with Gasteiger partial charge in [-0.15, -0.1) is 0 Å². The van der Waals surface area contributed by atoms with Crippen LogP contribution in [0.4, 0.5) is 0 Å². The quantitative estimate of drug-likeness (QED) is 0.672. The summed E-state index contributed by atoms with van der Waals surface area (Å²) in [6, 6.07) is 8.44. The Hall–Kier alpha value is -1.68. The molecular formula is C23H34N2O2. The maximum absolute atomic E-state index is 12.4. The van der Waals surface area contributed by atoms with Gasteiger partial charge in [-0.05, 0) is 56.0 Å². The van der Waals surface area contributed by atoms with Crippen LogP contribution in [0, 0.1) is 11.8 Å². The second-order valence-electron chi connectivity index (χ2n) is 8.72. The molecule has 1 aromatic carbocycles. The van der Waals surface area contributed by atoms with E-state index in [1.165, 1.54) is 18.4 Å². The van der Waals surface area contributed by atoms with Gasteiger partial charge in [-0.2, -0.15) is 0 Å². The van der Waals surface area contributed by atoms with Gasteiger partial charge in [-0.25, -0.2) is 0 Å². The summed E-state index contributed by atoms with van der Waals surface area (Å²) in [6.45, 7) is 7.16. The number of nitrogens with zero attached hydrogens (tertiary/aromatic N) is 1. The first kappa shape index (κ1) is 20.1. The third-order valence-corrected chi connectivity index (χ3v) is 5.73. The minimum Gasteiger partial charge on any atom is -0.343 e. The van der Waals surface area contributed by atoms with Crippen LogP contribution in [-0.4, -0.2) is 42.3 Å². The highest BCUT2D eigenvalue weighted by Gasteiger charge is 2.26. The zero-order valence-electron chi connectivity index (χ0n) is 16.9. The second kappa shape index (κ2) is 9.50. The van der Waals surface area contributed by atoms with Crippen molar-refractivity contribution < 1.29 is 9.59 Å². The number of carbonyl (C=O) groups excluding carboxylic acids is 2. The number of hydrogen-bond donors (Lipinski definition) is 1. The molecule has 0 bridgehead atoms. The summed E-state index contributed by atoms with van der Waals surface area (Å²) in [5.41, 5.74) is 1.98. The van der Waals surface area contributed by atoms with Gasteiger partial charge < -0.3 is 10.2 Å². The smallest absolute Gasteiger partial charge is 0.223 e. The van der Waals surface area contributed by atoms with Crippen molar-refractivity contribution in [1.82, 2.24) is 10.2 Å². The molecule has 1 aliphatic carbocycles. The lowest BCUT2D eigenvalue weighted by atomic mass is 9.99. The van der Waals surface area contributed by atoms with Crippen LogP contribution >= 0.6 is 0 Å². The Balaban J connectivity index is 1.37.